The molecule has 0 aliphatic carbocycles. The largest absolute Gasteiger partial charge is 0.495 e. The minimum Gasteiger partial charge on any atom is -0.495 e. The Hall–Kier alpha value is -2.29. The smallest absolute Gasteiger partial charge is 0.263 e. The van der Waals surface area contributed by atoms with Gasteiger partial charge in [-0.2, -0.15) is 0 Å². The topological polar surface area (TPSA) is 84.9 Å². The molecule has 0 unspecified atom stereocenters. The maximum Gasteiger partial charge on any atom is 0.263 e. The summed E-state index contributed by atoms with van der Waals surface area (Å²) < 4.78 is 39.2. The number of likely N-dealkylation sites (tertiary alicyclic amines) is 1. The number of para-hydroxylation sites is 2. The third-order valence-corrected chi connectivity index (χ3v) is 6.80. The van der Waals surface area contributed by atoms with Gasteiger partial charge in [0.2, 0.25) is 0 Å². The predicted octanol–water partition coefficient (Wildman–Crippen LogP) is 3.79. The number of nitrogens with zero attached hydrogens (tertiary/aromatic N) is 1. The second-order valence-electron chi connectivity index (χ2n) is 6.90. The molecule has 0 radical (unpaired) electrons. The summed E-state index contributed by atoms with van der Waals surface area (Å²) >= 11 is 6.17. The molecule has 2 aromatic rings. The quantitative estimate of drug-likeness (QED) is 0.690. The van der Waals surface area contributed by atoms with Crippen molar-refractivity contribution >= 4 is 33.2 Å². The van der Waals surface area contributed by atoms with Gasteiger partial charge < -0.3 is 14.4 Å². The fraction of sp³-hybridized carbons (Fsp3) is 0.381. The Morgan fingerprint density at radius 3 is 2.57 bits per heavy atom. The summed E-state index contributed by atoms with van der Waals surface area (Å²) in [6.07, 6.45) is 1.67. The molecule has 162 valence electrons. The van der Waals surface area contributed by atoms with Crippen molar-refractivity contribution < 1.29 is 22.7 Å². The Kier molecular flexibility index (Phi) is 7.23. The minimum atomic E-state index is -4.03. The number of ether oxygens (including phenoxy) is 2. The molecule has 1 amide bonds. The van der Waals surface area contributed by atoms with Crippen LogP contribution in [0.25, 0.3) is 0 Å². The Morgan fingerprint density at radius 2 is 1.90 bits per heavy atom. The summed E-state index contributed by atoms with van der Waals surface area (Å²) in [5, 5.41) is 0.0315. The van der Waals surface area contributed by atoms with Gasteiger partial charge in [-0.3, -0.25) is 9.52 Å². The van der Waals surface area contributed by atoms with Crippen LogP contribution in [-0.4, -0.2) is 52.1 Å². The first-order chi connectivity index (χ1) is 14.4. The van der Waals surface area contributed by atoms with Gasteiger partial charge in [-0.25, -0.2) is 8.42 Å². The number of nitrogens with one attached hydrogen (secondary N) is 1. The van der Waals surface area contributed by atoms with Crippen molar-refractivity contribution in [2.24, 2.45) is 0 Å². The van der Waals surface area contributed by atoms with Gasteiger partial charge in [-0.1, -0.05) is 23.7 Å². The molecule has 0 atom stereocenters. The van der Waals surface area contributed by atoms with Crippen molar-refractivity contribution in [3.05, 3.63) is 53.1 Å². The van der Waals surface area contributed by atoms with Gasteiger partial charge in [0.15, 0.2) is 0 Å². The van der Waals surface area contributed by atoms with Crippen molar-refractivity contribution in [3.8, 4) is 5.75 Å². The molecule has 7 nitrogen and oxygen atoms in total. The van der Waals surface area contributed by atoms with Crippen molar-refractivity contribution in [2.75, 3.05) is 31.5 Å². The Balaban J connectivity index is 1.82. The molecular formula is C21H25ClN2O5S. The normalized spacial score (nSPS) is 15.1. The van der Waals surface area contributed by atoms with E-state index in [0.717, 1.165) is 12.8 Å². The highest BCUT2D eigenvalue weighted by Crippen LogP contribution is 2.30. The van der Waals surface area contributed by atoms with Gasteiger partial charge in [0.1, 0.15) is 10.6 Å². The van der Waals surface area contributed by atoms with Gasteiger partial charge in [0.25, 0.3) is 15.9 Å². The van der Waals surface area contributed by atoms with Crippen molar-refractivity contribution in [1.82, 2.24) is 4.90 Å². The highest BCUT2D eigenvalue weighted by Gasteiger charge is 2.26. The molecule has 1 N–H and O–H groups in total. The average Bonchev–Trinajstić information content (AvgIpc) is 2.74. The van der Waals surface area contributed by atoms with Crippen molar-refractivity contribution in [2.45, 2.75) is 30.8 Å². The second-order valence-corrected chi connectivity index (χ2v) is 8.96. The first-order valence-corrected chi connectivity index (χ1v) is 11.6. The van der Waals surface area contributed by atoms with Crippen molar-refractivity contribution in [1.29, 1.82) is 0 Å². The number of anilines is 1. The van der Waals surface area contributed by atoms with E-state index in [-0.39, 0.29) is 33.2 Å². The zero-order valence-corrected chi connectivity index (χ0v) is 18.5. The van der Waals surface area contributed by atoms with Crippen molar-refractivity contribution in [3.63, 3.8) is 0 Å². The van der Waals surface area contributed by atoms with Crippen LogP contribution in [0.2, 0.25) is 5.02 Å². The molecule has 1 fully saturated rings. The number of hydrogen-bond donors (Lipinski definition) is 1. The zero-order valence-electron chi connectivity index (χ0n) is 16.9. The van der Waals surface area contributed by atoms with E-state index in [1.165, 1.54) is 19.2 Å². The Morgan fingerprint density at radius 1 is 1.20 bits per heavy atom. The van der Waals surface area contributed by atoms with Crippen LogP contribution in [0.5, 0.6) is 5.75 Å². The molecule has 1 saturated heterocycles. The molecule has 0 aromatic heterocycles. The van der Waals surface area contributed by atoms with E-state index in [1.807, 2.05) is 6.92 Å². The van der Waals surface area contributed by atoms with Crippen LogP contribution in [0.1, 0.15) is 30.1 Å². The van der Waals surface area contributed by atoms with Crippen LogP contribution in [-0.2, 0) is 14.8 Å². The van der Waals surface area contributed by atoms with E-state index >= 15 is 0 Å². The lowest BCUT2D eigenvalue weighted by atomic mass is 10.1. The summed E-state index contributed by atoms with van der Waals surface area (Å²) in [7, 11) is -2.58. The van der Waals surface area contributed by atoms with E-state index < -0.39 is 10.0 Å². The van der Waals surface area contributed by atoms with Gasteiger partial charge >= 0.3 is 0 Å². The number of benzene rings is 2. The lowest BCUT2D eigenvalue weighted by Gasteiger charge is -2.32. The molecule has 0 spiro atoms. The van der Waals surface area contributed by atoms with Crippen LogP contribution >= 0.6 is 11.6 Å². The number of sulfonamides is 1. The Bertz CT molecular complexity index is 1000. The molecule has 0 bridgehead atoms. The zero-order chi connectivity index (χ0) is 21.7. The number of methoxy groups -OCH3 is 1. The van der Waals surface area contributed by atoms with Gasteiger partial charge in [-0.05, 0) is 50.1 Å². The average molecular weight is 453 g/mol. The number of amides is 1. The summed E-state index contributed by atoms with van der Waals surface area (Å²) in [5.41, 5.74) is 0.556. The SMILES string of the molecule is CCOC1CCN(C(=O)c2ccc(Cl)c(S(=O)(=O)Nc3ccccc3OC)c2)CC1. The van der Waals surface area contributed by atoms with E-state index in [2.05, 4.69) is 4.72 Å². The lowest BCUT2D eigenvalue weighted by Crippen LogP contribution is -2.41. The molecule has 1 aliphatic heterocycles. The Labute approximate surface area is 182 Å². The number of piperidine rings is 1. The second kappa shape index (κ2) is 9.68. The van der Waals surface area contributed by atoms with E-state index in [0.29, 0.717) is 25.4 Å². The number of halogens is 1. The molecule has 0 saturated carbocycles. The molecule has 9 heteroatoms. The van der Waals surface area contributed by atoms with Crippen LogP contribution in [0, 0.1) is 0 Å². The highest BCUT2D eigenvalue weighted by molar-refractivity contribution is 7.92. The lowest BCUT2D eigenvalue weighted by molar-refractivity contribution is 0.0146. The first kappa shape index (κ1) is 22.4. The number of carbonyl (C=O) groups excluding carboxylic acids is 1. The summed E-state index contributed by atoms with van der Waals surface area (Å²) in [5.74, 6) is 0.150. The van der Waals surface area contributed by atoms with Crippen LogP contribution in [0.15, 0.2) is 47.4 Å². The first-order valence-electron chi connectivity index (χ1n) is 9.72. The standard InChI is InChI=1S/C21H25ClN2O5S/c1-3-29-16-10-12-24(13-11-16)21(25)15-8-9-17(22)20(14-15)30(26,27)23-18-6-4-5-7-19(18)28-2/h4-9,14,16,23H,3,10-13H2,1-2H3. The molecule has 1 heterocycles. The van der Waals surface area contributed by atoms with Crippen LogP contribution < -0.4 is 9.46 Å². The summed E-state index contributed by atoms with van der Waals surface area (Å²) in [6.45, 7) is 3.73. The minimum absolute atomic E-state index is 0.0315. The predicted molar refractivity (Wildman–Crippen MR) is 116 cm³/mol. The van der Waals surface area contributed by atoms with E-state index in [9.17, 15) is 13.2 Å². The van der Waals surface area contributed by atoms with Gasteiger partial charge in [0, 0.05) is 25.3 Å². The molecule has 3 rings (SSSR count). The number of hydrogen-bond acceptors (Lipinski definition) is 5. The summed E-state index contributed by atoms with van der Waals surface area (Å²) in [6, 6.07) is 10.9. The number of rotatable bonds is 7. The summed E-state index contributed by atoms with van der Waals surface area (Å²) in [4.78, 5) is 14.5. The third kappa shape index (κ3) is 5.06. The molecule has 1 aliphatic rings. The molecular weight excluding hydrogens is 428 g/mol. The maximum absolute atomic E-state index is 13.0. The maximum atomic E-state index is 13.0. The van der Waals surface area contributed by atoms with E-state index in [4.69, 9.17) is 21.1 Å². The van der Waals surface area contributed by atoms with Crippen LogP contribution in [0.3, 0.4) is 0 Å². The fourth-order valence-electron chi connectivity index (χ4n) is 3.41. The highest BCUT2D eigenvalue weighted by atomic mass is 35.5. The monoisotopic (exact) mass is 452 g/mol. The number of carbonyl (C=O) groups is 1. The fourth-order valence-corrected chi connectivity index (χ4v) is 5.01. The third-order valence-electron chi connectivity index (χ3n) is 4.95. The van der Waals surface area contributed by atoms with Crippen LogP contribution in [0.4, 0.5) is 5.69 Å². The van der Waals surface area contributed by atoms with Gasteiger partial charge in [0.05, 0.1) is 23.9 Å². The van der Waals surface area contributed by atoms with Gasteiger partial charge in [-0.15, -0.1) is 0 Å². The molecule has 30 heavy (non-hydrogen) atoms. The van der Waals surface area contributed by atoms with E-state index in [1.54, 1.807) is 35.2 Å². The molecule has 2 aromatic carbocycles.